The van der Waals surface area contributed by atoms with E-state index in [0.717, 1.165) is 6.42 Å². The van der Waals surface area contributed by atoms with Crippen LogP contribution in [0.1, 0.15) is 33.6 Å². The van der Waals surface area contributed by atoms with Crippen molar-refractivity contribution in [3.8, 4) is 0 Å². The van der Waals surface area contributed by atoms with Gasteiger partial charge in [-0.1, -0.05) is 26.8 Å². The fraction of sp³-hybridized carbons (Fsp3) is 0.692. The van der Waals surface area contributed by atoms with Crippen LogP contribution in [-0.4, -0.2) is 22.8 Å². The highest BCUT2D eigenvalue weighted by Crippen LogP contribution is 2.36. The molecule has 1 N–H and O–H groups in total. The van der Waals surface area contributed by atoms with Crippen LogP contribution in [0.15, 0.2) is 12.2 Å². The number of carbonyl (C=O) groups is 2. The van der Waals surface area contributed by atoms with Gasteiger partial charge in [0, 0.05) is 17.4 Å². The van der Waals surface area contributed by atoms with Gasteiger partial charge in [0.2, 0.25) is 0 Å². The molecule has 1 fully saturated rings. The summed E-state index contributed by atoms with van der Waals surface area (Å²) in [6, 6.07) is 0. The van der Waals surface area contributed by atoms with Crippen molar-refractivity contribution in [3.63, 3.8) is 0 Å². The van der Waals surface area contributed by atoms with Crippen molar-refractivity contribution >= 4 is 11.6 Å². The molecule has 1 aliphatic rings. The molecule has 16 heavy (non-hydrogen) atoms. The van der Waals surface area contributed by atoms with Gasteiger partial charge >= 0.3 is 0 Å². The third-order valence-electron chi connectivity index (χ3n) is 3.71. The zero-order valence-corrected chi connectivity index (χ0v) is 10.2. The van der Waals surface area contributed by atoms with Crippen LogP contribution in [-0.2, 0) is 9.59 Å². The summed E-state index contributed by atoms with van der Waals surface area (Å²) >= 11 is 0. The van der Waals surface area contributed by atoms with Crippen molar-refractivity contribution in [2.75, 3.05) is 0 Å². The van der Waals surface area contributed by atoms with Gasteiger partial charge in [-0.2, -0.15) is 0 Å². The van der Waals surface area contributed by atoms with E-state index < -0.39 is 6.10 Å². The van der Waals surface area contributed by atoms with Crippen LogP contribution in [0.2, 0.25) is 0 Å². The Morgan fingerprint density at radius 3 is 2.62 bits per heavy atom. The number of ketones is 2. The Morgan fingerprint density at radius 2 is 2.19 bits per heavy atom. The van der Waals surface area contributed by atoms with E-state index in [1.54, 1.807) is 0 Å². The highest BCUT2D eigenvalue weighted by atomic mass is 16.3. The molecule has 0 amide bonds. The number of aliphatic hydroxyl groups excluding tert-OH is 1. The molecular weight excluding hydrogens is 204 g/mol. The van der Waals surface area contributed by atoms with E-state index in [0.29, 0.717) is 6.42 Å². The zero-order chi connectivity index (χ0) is 12.5. The van der Waals surface area contributed by atoms with Crippen LogP contribution >= 0.6 is 0 Å². The van der Waals surface area contributed by atoms with Crippen LogP contribution < -0.4 is 0 Å². The summed E-state index contributed by atoms with van der Waals surface area (Å²) in [5, 5.41) is 9.67. The summed E-state index contributed by atoms with van der Waals surface area (Å²) in [6.45, 7) is 9.10. The van der Waals surface area contributed by atoms with E-state index in [-0.39, 0.29) is 34.9 Å². The van der Waals surface area contributed by atoms with Gasteiger partial charge in [0.1, 0.15) is 5.78 Å². The monoisotopic (exact) mass is 224 g/mol. The molecule has 0 aliphatic heterocycles. The van der Waals surface area contributed by atoms with Gasteiger partial charge in [0.25, 0.3) is 0 Å². The topological polar surface area (TPSA) is 54.4 Å². The number of hydrogen-bond acceptors (Lipinski definition) is 3. The Balaban J connectivity index is 3.02. The molecular formula is C13H20O3. The predicted molar refractivity (Wildman–Crippen MR) is 61.9 cm³/mol. The summed E-state index contributed by atoms with van der Waals surface area (Å²) in [6.07, 6.45) is 0.347. The van der Waals surface area contributed by atoms with Gasteiger partial charge in [-0.05, 0) is 19.3 Å². The Hall–Kier alpha value is -0.960. The van der Waals surface area contributed by atoms with Gasteiger partial charge in [-0.3, -0.25) is 9.59 Å². The zero-order valence-electron chi connectivity index (χ0n) is 10.2. The SMILES string of the molecule is C=C1C(=O)C(C(C)CC)C(C(C)=O)CC1O. The molecule has 3 nitrogen and oxygen atoms in total. The number of aliphatic hydroxyl groups is 1. The number of hydrogen-bond donors (Lipinski definition) is 1. The first-order chi connectivity index (χ1) is 7.40. The van der Waals surface area contributed by atoms with Crippen LogP contribution in [0, 0.1) is 17.8 Å². The molecule has 0 radical (unpaired) electrons. The second-order valence-electron chi connectivity index (χ2n) is 4.77. The standard InChI is InChI=1S/C13H20O3/c1-5-7(2)12-10(9(4)14)6-11(15)8(3)13(12)16/h7,10-12,15H,3,5-6H2,1-2,4H3. The van der Waals surface area contributed by atoms with Gasteiger partial charge in [-0.15, -0.1) is 0 Å². The predicted octanol–water partition coefficient (Wildman–Crippen LogP) is 1.74. The summed E-state index contributed by atoms with van der Waals surface area (Å²) in [5.41, 5.74) is 0.266. The van der Waals surface area contributed by atoms with Crippen molar-refractivity contribution in [1.82, 2.24) is 0 Å². The smallest absolute Gasteiger partial charge is 0.164 e. The first-order valence-corrected chi connectivity index (χ1v) is 5.81. The van der Waals surface area contributed by atoms with Crippen LogP contribution in [0.4, 0.5) is 0 Å². The molecule has 0 bridgehead atoms. The van der Waals surface area contributed by atoms with Crippen molar-refractivity contribution in [1.29, 1.82) is 0 Å². The van der Waals surface area contributed by atoms with E-state index in [2.05, 4.69) is 6.58 Å². The van der Waals surface area contributed by atoms with E-state index in [1.807, 2.05) is 13.8 Å². The van der Waals surface area contributed by atoms with Crippen molar-refractivity contribution < 1.29 is 14.7 Å². The molecule has 90 valence electrons. The molecule has 0 aromatic rings. The normalized spacial score (nSPS) is 32.6. The summed E-state index contributed by atoms with van der Waals surface area (Å²) in [7, 11) is 0. The molecule has 0 heterocycles. The van der Waals surface area contributed by atoms with Crippen LogP contribution in [0.25, 0.3) is 0 Å². The minimum absolute atomic E-state index is 0.00907. The lowest BCUT2D eigenvalue weighted by Gasteiger charge is -2.36. The Labute approximate surface area is 96.5 Å². The molecule has 0 spiro atoms. The molecule has 1 rings (SSSR count). The maximum Gasteiger partial charge on any atom is 0.164 e. The van der Waals surface area contributed by atoms with Gasteiger partial charge < -0.3 is 5.11 Å². The average molecular weight is 224 g/mol. The maximum atomic E-state index is 12.0. The minimum atomic E-state index is -0.846. The first kappa shape index (κ1) is 13.1. The molecule has 4 unspecified atom stereocenters. The summed E-state index contributed by atoms with van der Waals surface area (Å²) in [5.74, 6) is -0.620. The fourth-order valence-corrected chi connectivity index (χ4v) is 2.42. The molecule has 1 aliphatic carbocycles. The molecule has 3 heteroatoms. The summed E-state index contributed by atoms with van der Waals surface area (Å²) < 4.78 is 0. The second-order valence-corrected chi connectivity index (χ2v) is 4.77. The van der Waals surface area contributed by atoms with Crippen molar-refractivity contribution in [2.45, 2.75) is 39.7 Å². The Kier molecular flexibility index (Phi) is 4.03. The van der Waals surface area contributed by atoms with Crippen LogP contribution in [0.5, 0.6) is 0 Å². The Morgan fingerprint density at radius 1 is 1.62 bits per heavy atom. The molecule has 0 aromatic carbocycles. The van der Waals surface area contributed by atoms with E-state index in [1.165, 1.54) is 6.92 Å². The lowest BCUT2D eigenvalue weighted by atomic mass is 9.67. The third-order valence-corrected chi connectivity index (χ3v) is 3.71. The van der Waals surface area contributed by atoms with E-state index in [9.17, 15) is 14.7 Å². The Bertz CT molecular complexity index is 319. The van der Waals surface area contributed by atoms with Gasteiger partial charge in [0.05, 0.1) is 6.10 Å². The summed E-state index contributed by atoms with van der Waals surface area (Å²) in [4.78, 5) is 23.6. The fourth-order valence-electron chi connectivity index (χ4n) is 2.42. The van der Waals surface area contributed by atoms with E-state index >= 15 is 0 Å². The largest absolute Gasteiger partial charge is 0.388 e. The van der Waals surface area contributed by atoms with Crippen LogP contribution in [0.3, 0.4) is 0 Å². The van der Waals surface area contributed by atoms with E-state index in [4.69, 9.17) is 0 Å². The minimum Gasteiger partial charge on any atom is -0.388 e. The average Bonchev–Trinajstić information content (AvgIpc) is 2.24. The second kappa shape index (κ2) is 4.91. The first-order valence-electron chi connectivity index (χ1n) is 5.81. The lowest BCUT2D eigenvalue weighted by Crippen LogP contribution is -2.43. The lowest BCUT2D eigenvalue weighted by molar-refractivity contribution is -0.135. The number of Topliss-reactive ketones (excluding diaryl/α,β-unsaturated/α-hetero) is 2. The third kappa shape index (κ3) is 2.24. The number of rotatable bonds is 3. The molecule has 1 saturated carbocycles. The quantitative estimate of drug-likeness (QED) is 0.743. The van der Waals surface area contributed by atoms with Crippen molar-refractivity contribution in [3.05, 3.63) is 12.2 Å². The molecule has 4 atom stereocenters. The number of carbonyl (C=O) groups excluding carboxylic acids is 2. The van der Waals surface area contributed by atoms with Gasteiger partial charge in [-0.25, -0.2) is 0 Å². The molecule has 0 aromatic heterocycles. The maximum absolute atomic E-state index is 12.0. The highest BCUT2D eigenvalue weighted by Gasteiger charge is 2.42. The van der Waals surface area contributed by atoms with Crippen molar-refractivity contribution in [2.24, 2.45) is 17.8 Å². The highest BCUT2D eigenvalue weighted by molar-refractivity contribution is 6.01. The molecule has 0 saturated heterocycles. The van der Waals surface area contributed by atoms with Gasteiger partial charge in [0.15, 0.2) is 5.78 Å².